The van der Waals surface area contributed by atoms with Crippen molar-refractivity contribution in [3.8, 4) is 0 Å². The molecule has 1 aliphatic carbocycles. The maximum absolute atomic E-state index is 11.6. The van der Waals surface area contributed by atoms with Gasteiger partial charge in [-0.3, -0.25) is 0 Å². The number of esters is 1. The van der Waals surface area contributed by atoms with E-state index in [0.717, 1.165) is 30.7 Å². The zero-order valence-electron chi connectivity index (χ0n) is 10.9. The van der Waals surface area contributed by atoms with Crippen molar-refractivity contribution in [3.05, 3.63) is 16.1 Å². The normalized spacial score (nSPS) is 18.6. The number of nitrogens with zero attached hydrogens (tertiary/aromatic N) is 1. The van der Waals surface area contributed by atoms with E-state index in [-0.39, 0.29) is 11.6 Å². The smallest absolute Gasteiger partial charge is 0.357 e. The Balaban J connectivity index is 2.19. The van der Waals surface area contributed by atoms with E-state index in [2.05, 4.69) is 4.98 Å². The van der Waals surface area contributed by atoms with Crippen molar-refractivity contribution in [1.29, 1.82) is 0 Å². The number of rotatable bonds is 4. The monoisotopic (exact) mass is 269 g/mol. The van der Waals surface area contributed by atoms with Crippen LogP contribution in [0.15, 0.2) is 5.38 Å². The van der Waals surface area contributed by atoms with Crippen LogP contribution in [0.1, 0.15) is 54.5 Å². The van der Waals surface area contributed by atoms with E-state index in [1.807, 2.05) is 0 Å². The van der Waals surface area contributed by atoms with Crippen LogP contribution in [0.4, 0.5) is 0 Å². The number of carbonyl (C=O) groups is 1. The molecule has 0 N–H and O–H groups in total. The van der Waals surface area contributed by atoms with Crippen LogP contribution in [0.5, 0.6) is 0 Å². The molecule has 0 spiro atoms. The van der Waals surface area contributed by atoms with Crippen molar-refractivity contribution < 1.29 is 14.3 Å². The standard InChI is InChI=1S/C13H19NO3S/c1-3-17-11(15)10-9-18-12(14-10)13(16-2)7-5-4-6-8-13/h9H,3-8H2,1-2H3. The molecule has 0 bridgehead atoms. The van der Waals surface area contributed by atoms with Gasteiger partial charge in [0.15, 0.2) is 5.69 Å². The van der Waals surface area contributed by atoms with Gasteiger partial charge in [0.2, 0.25) is 0 Å². The number of methoxy groups -OCH3 is 1. The van der Waals surface area contributed by atoms with Crippen LogP contribution in [0.2, 0.25) is 0 Å². The summed E-state index contributed by atoms with van der Waals surface area (Å²) in [5.41, 5.74) is 0.118. The molecule has 2 rings (SSSR count). The number of hydrogen-bond acceptors (Lipinski definition) is 5. The van der Waals surface area contributed by atoms with Crippen LogP contribution in [-0.2, 0) is 15.1 Å². The Morgan fingerprint density at radius 1 is 1.44 bits per heavy atom. The molecule has 1 aromatic rings. The lowest BCUT2D eigenvalue weighted by Crippen LogP contribution is -2.31. The van der Waals surface area contributed by atoms with Crippen LogP contribution in [0.3, 0.4) is 0 Å². The van der Waals surface area contributed by atoms with E-state index >= 15 is 0 Å². The minimum Gasteiger partial charge on any atom is -0.461 e. The second-order valence-electron chi connectivity index (χ2n) is 4.52. The third-order valence-electron chi connectivity index (χ3n) is 3.43. The van der Waals surface area contributed by atoms with Gasteiger partial charge in [-0.2, -0.15) is 0 Å². The fourth-order valence-electron chi connectivity index (χ4n) is 2.41. The molecule has 100 valence electrons. The highest BCUT2D eigenvalue weighted by atomic mass is 32.1. The average molecular weight is 269 g/mol. The van der Waals surface area contributed by atoms with Gasteiger partial charge in [0, 0.05) is 12.5 Å². The molecular weight excluding hydrogens is 250 g/mol. The number of thiazole rings is 1. The second kappa shape index (κ2) is 5.80. The Morgan fingerprint density at radius 2 is 2.17 bits per heavy atom. The average Bonchev–Trinajstić information content (AvgIpc) is 2.90. The third kappa shape index (κ3) is 2.57. The summed E-state index contributed by atoms with van der Waals surface area (Å²) in [6.07, 6.45) is 5.53. The summed E-state index contributed by atoms with van der Waals surface area (Å²) in [4.78, 5) is 16.0. The molecule has 1 heterocycles. The van der Waals surface area contributed by atoms with Crippen molar-refractivity contribution in [3.63, 3.8) is 0 Å². The van der Waals surface area contributed by atoms with Crippen molar-refractivity contribution in [1.82, 2.24) is 4.98 Å². The van der Waals surface area contributed by atoms with Gasteiger partial charge < -0.3 is 9.47 Å². The third-order valence-corrected chi connectivity index (χ3v) is 4.46. The molecule has 5 heteroatoms. The van der Waals surface area contributed by atoms with Crippen LogP contribution >= 0.6 is 11.3 Å². The molecule has 4 nitrogen and oxygen atoms in total. The topological polar surface area (TPSA) is 48.4 Å². The molecule has 0 aliphatic heterocycles. The van der Waals surface area contributed by atoms with Crippen molar-refractivity contribution in [2.45, 2.75) is 44.6 Å². The van der Waals surface area contributed by atoms with E-state index in [0.29, 0.717) is 12.3 Å². The van der Waals surface area contributed by atoms with Gasteiger partial charge in [-0.05, 0) is 19.8 Å². The number of hydrogen-bond donors (Lipinski definition) is 0. The van der Waals surface area contributed by atoms with Crippen LogP contribution < -0.4 is 0 Å². The first-order valence-electron chi connectivity index (χ1n) is 6.40. The summed E-state index contributed by atoms with van der Waals surface area (Å²) in [6, 6.07) is 0. The maximum Gasteiger partial charge on any atom is 0.357 e. The minimum absolute atomic E-state index is 0.284. The highest BCUT2D eigenvalue weighted by molar-refractivity contribution is 7.10. The molecule has 1 aromatic heterocycles. The molecule has 1 saturated carbocycles. The largest absolute Gasteiger partial charge is 0.461 e. The molecular formula is C13H19NO3S. The first-order chi connectivity index (χ1) is 8.72. The quantitative estimate of drug-likeness (QED) is 0.788. The minimum atomic E-state index is -0.345. The number of carbonyl (C=O) groups excluding carboxylic acids is 1. The van der Waals surface area contributed by atoms with Gasteiger partial charge in [0.05, 0.1) is 6.61 Å². The van der Waals surface area contributed by atoms with Crippen LogP contribution in [0.25, 0.3) is 0 Å². The van der Waals surface area contributed by atoms with Gasteiger partial charge in [-0.25, -0.2) is 9.78 Å². The Kier molecular flexibility index (Phi) is 4.35. The molecule has 1 fully saturated rings. The summed E-state index contributed by atoms with van der Waals surface area (Å²) in [6.45, 7) is 2.17. The number of aromatic nitrogens is 1. The van der Waals surface area contributed by atoms with E-state index in [1.165, 1.54) is 17.8 Å². The van der Waals surface area contributed by atoms with Crippen molar-refractivity contribution in [2.24, 2.45) is 0 Å². The zero-order chi connectivity index (χ0) is 13.0. The summed E-state index contributed by atoms with van der Waals surface area (Å²) in [5.74, 6) is -0.345. The van der Waals surface area contributed by atoms with Gasteiger partial charge >= 0.3 is 5.97 Å². The first-order valence-corrected chi connectivity index (χ1v) is 7.28. The molecule has 0 amide bonds. The van der Waals surface area contributed by atoms with E-state index in [1.54, 1.807) is 19.4 Å². The fraction of sp³-hybridized carbons (Fsp3) is 0.692. The van der Waals surface area contributed by atoms with E-state index in [9.17, 15) is 4.79 Å². The van der Waals surface area contributed by atoms with E-state index < -0.39 is 0 Å². The Bertz CT molecular complexity index is 410. The lowest BCUT2D eigenvalue weighted by atomic mass is 9.85. The fourth-order valence-corrected chi connectivity index (χ4v) is 3.44. The Morgan fingerprint density at radius 3 is 2.78 bits per heavy atom. The lowest BCUT2D eigenvalue weighted by Gasteiger charge is -2.33. The van der Waals surface area contributed by atoms with Gasteiger partial charge in [-0.15, -0.1) is 11.3 Å². The lowest BCUT2D eigenvalue weighted by molar-refractivity contribution is -0.0447. The molecule has 0 saturated heterocycles. The molecule has 0 atom stereocenters. The Labute approximate surface area is 111 Å². The zero-order valence-corrected chi connectivity index (χ0v) is 11.7. The summed E-state index contributed by atoms with van der Waals surface area (Å²) >= 11 is 1.50. The first kappa shape index (κ1) is 13.5. The summed E-state index contributed by atoms with van der Waals surface area (Å²) < 4.78 is 10.7. The van der Waals surface area contributed by atoms with Crippen molar-refractivity contribution in [2.75, 3.05) is 13.7 Å². The molecule has 18 heavy (non-hydrogen) atoms. The Hall–Kier alpha value is -0.940. The highest BCUT2D eigenvalue weighted by Gasteiger charge is 2.37. The molecule has 1 aliphatic rings. The predicted octanol–water partition coefficient (Wildman–Crippen LogP) is 3.13. The summed E-state index contributed by atoms with van der Waals surface area (Å²) in [5, 5.41) is 2.68. The predicted molar refractivity (Wildman–Crippen MR) is 69.8 cm³/mol. The number of ether oxygens (including phenoxy) is 2. The van der Waals surface area contributed by atoms with Crippen LogP contribution in [-0.4, -0.2) is 24.7 Å². The maximum atomic E-state index is 11.6. The molecule has 0 radical (unpaired) electrons. The second-order valence-corrected chi connectivity index (χ2v) is 5.38. The summed E-state index contributed by atoms with van der Waals surface area (Å²) in [7, 11) is 1.73. The van der Waals surface area contributed by atoms with Crippen molar-refractivity contribution >= 4 is 17.3 Å². The molecule has 0 aromatic carbocycles. The SMILES string of the molecule is CCOC(=O)c1csc(C2(OC)CCCCC2)n1. The van der Waals surface area contributed by atoms with E-state index in [4.69, 9.17) is 9.47 Å². The highest BCUT2D eigenvalue weighted by Crippen LogP contribution is 2.41. The molecule has 0 unspecified atom stereocenters. The van der Waals surface area contributed by atoms with Gasteiger partial charge in [0.1, 0.15) is 10.6 Å². The van der Waals surface area contributed by atoms with Crippen LogP contribution in [0, 0.1) is 0 Å². The van der Waals surface area contributed by atoms with Gasteiger partial charge in [0.25, 0.3) is 0 Å². The van der Waals surface area contributed by atoms with Gasteiger partial charge in [-0.1, -0.05) is 19.3 Å².